The average Bonchev–Trinajstić information content (AvgIpc) is 2.53. The van der Waals surface area contributed by atoms with Crippen molar-refractivity contribution < 1.29 is 9.22 Å². The van der Waals surface area contributed by atoms with Crippen LogP contribution in [0.1, 0.15) is 53.2 Å². The molecule has 0 atom stereocenters. The summed E-state index contributed by atoms with van der Waals surface area (Å²) < 4.78 is 6.60. The van der Waals surface area contributed by atoms with Gasteiger partial charge in [-0.15, -0.1) is 0 Å². The lowest BCUT2D eigenvalue weighted by atomic mass is 9.77. The third kappa shape index (κ3) is 5.35. The van der Waals surface area contributed by atoms with Crippen LogP contribution in [0.4, 0.5) is 0 Å². The van der Waals surface area contributed by atoms with E-state index in [1.807, 2.05) is 6.92 Å². The molecule has 1 aliphatic carbocycles. The molecule has 154 valence electrons. The van der Waals surface area contributed by atoms with Gasteiger partial charge in [-0.2, -0.15) is 0 Å². The Morgan fingerprint density at radius 1 is 1.39 bits per heavy atom. The number of hydrogen-bond acceptors (Lipinski definition) is 6. The van der Waals surface area contributed by atoms with E-state index < -0.39 is 8.32 Å². The molecule has 6 nitrogen and oxygen atoms in total. The van der Waals surface area contributed by atoms with Crippen molar-refractivity contribution in [2.24, 2.45) is 10.7 Å². The first-order valence-corrected chi connectivity index (χ1v) is 12.7. The van der Waals surface area contributed by atoms with E-state index in [2.05, 4.69) is 50.8 Å². The fourth-order valence-electron chi connectivity index (χ4n) is 3.32. The van der Waals surface area contributed by atoms with E-state index in [1.54, 1.807) is 18.6 Å². The number of nitrogens with two attached hydrogens (primary N) is 1. The molecule has 2 N–H and O–H groups in total. The third-order valence-electron chi connectivity index (χ3n) is 5.83. The van der Waals surface area contributed by atoms with Crippen molar-refractivity contribution in [3.8, 4) is 0 Å². The van der Waals surface area contributed by atoms with Crippen LogP contribution in [0.15, 0.2) is 35.4 Å². The van der Waals surface area contributed by atoms with Crippen molar-refractivity contribution >= 4 is 19.8 Å². The topological polar surface area (TPSA) is 90.5 Å². The standard InChI is InChI=1S/C21H34N4O2Si/c1-15(18(13-22)19(26)10-16-14-23-8-9-24-16)25-17-11-21(5,12-17)27-28(6,7)20(2,3)4/h8-9,13-14,17H,10-12,22H2,1-7H3. The van der Waals surface area contributed by atoms with Gasteiger partial charge in [0.15, 0.2) is 14.1 Å². The van der Waals surface area contributed by atoms with Crippen LogP contribution >= 0.6 is 0 Å². The summed E-state index contributed by atoms with van der Waals surface area (Å²) in [6, 6.07) is 0.161. The Bertz CT molecular complexity index is 760. The zero-order valence-corrected chi connectivity index (χ0v) is 19.2. The minimum absolute atomic E-state index is 0.0936. The summed E-state index contributed by atoms with van der Waals surface area (Å²) in [5.41, 5.74) is 7.35. The molecule has 0 unspecified atom stereocenters. The summed E-state index contributed by atoms with van der Waals surface area (Å²) in [5.74, 6) is -0.0936. The van der Waals surface area contributed by atoms with Gasteiger partial charge < -0.3 is 10.2 Å². The van der Waals surface area contributed by atoms with Crippen molar-refractivity contribution in [3.63, 3.8) is 0 Å². The molecule has 0 aliphatic heterocycles. The monoisotopic (exact) mass is 402 g/mol. The van der Waals surface area contributed by atoms with Crippen LogP contribution in [0, 0.1) is 0 Å². The van der Waals surface area contributed by atoms with Crippen LogP contribution in [-0.4, -0.2) is 41.4 Å². The Labute approximate surface area is 169 Å². The highest BCUT2D eigenvalue weighted by Gasteiger charge is 2.48. The molecule has 0 aromatic carbocycles. The molecule has 1 saturated carbocycles. The lowest BCUT2D eigenvalue weighted by Gasteiger charge is -2.51. The highest BCUT2D eigenvalue weighted by Crippen LogP contribution is 2.46. The quantitative estimate of drug-likeness (QED) is 0.425. The molecule has 0 spiro atoms. The van der Waals surface area contributed by atoms with Gasteiger partial charge in [-0.3, -0.25) is 19.8 Å². The van der Waals surface area contributed by atoms with Crippen LogP contribution in [0.2, 0.25) is 18.1 Å². The van der Waals surface area contributed by atoms with Gasteiger partial charge in [0.1, 0.15) is 0 Å². The maximum atomic E-state index is 12.6. The maximum absolute atomic E-state index is 12.6. The summed E-state index contributed by atoms with van der Waals surface area (Å²) in [4.78, 5) is 25.5. The number of carbonyl (C=O) groups excluding carboxylic acids is 1. The van der Waals surface area contributed by atoms with Crippen molar-refractivity contribution in [2.75, 3.05) is 0 Å². The van der Waals surface area contributed by atoms with Crippen molar-refractivity contribution in [3.05, 3.63) is 36.1 Å². The van der Waals surface area contributed by atoms with Gasteiger partial charge in [0.05, 0.1) is 29.3 Å². The van der Waals surface area contributed by atoms with E-state index in [4.69, 9.17) is 15.2 Å². The summed E-state index contributed by atoms with van der Waals surface area (Å²) in [5, 5.41) is 0.183. The minimum Gasteiger partial charge on any atom is -0.411 e. The zero-order chi connectivity index (χ0) is 21.2. The van der Waals surface area contributed by atoms with Crippen molar-refractivity contribution in [2.45, 2.75) is 83.7 Å². The molecule has 1 aromatic heterocycles. The molecular formula is C21H34N4O2Si. The fourth-order valence-corrected chi connectivity index (χ4v) is 5.03. The first-order valence-electron chi connectivity index (χ1n) is 9.82. The molecule has 28 heavy (non-hydrogen) atoms. The lowest BCUT2D eigenvalue weighted by Crippen LogP contribution is -2.55. The van der Waals surface area contributed by atoms with Crippen molar-refractivity contribution in [1.82, 2.24) is 9.97 Å². The number of hydrogen-bond donors (Lipinski definition) is 1. The Balaban J connectivity index is 1.99. The van der Waals surface area contributed by atoms with E-state index in [9.17, 15) is 4.79 Å². The zero-order valence-electron chi connectivity index (χ0n) is 18.2. The molecule has 1 aliphatic rings. The van der Waals surface area contributed by atoms with Gasteiger partial charge in [-0.1, -0.05) is 20.8 Å². The SMILES string of the molecule is CC(=NC1CC(C)(O[Si](C)(C)C(C)(C)C)C1)C(=CN)C(=O)Cc1cnccn1. The highest BCUT2D eigenvalue weighted by atomic mass is 28.4. The number of rotatable bonds is 7. The normalized spacial score (nSPS) is 24.0. The van der Waals surface area contributed by atoms with E-state index in [0.29, 0.717) is 17.0 Å². The predicted molar refractivity (Wildman–Crippen MR) is 116 cm³/mol. The van der Waals surface area contributed by atoms with E-state index in [1.165, 1.54) is 6.20 Å². The minimum atomic E-state index is -1.82. The van der Waals surface area contributed by atoms with Crippen LogP contribution in [0.25, 0.3) is 0 Å². The second kappa shape index (κ2) is 8.25. The maximum Gasteiger partial charge on any atom is 0.192 e. The van der Waals surface area contributed by atoms with E-state index >= 15 is 0 Å². The van der Waals surface area contributed by atoms with Gasteiger partial charge in [-0.25, -0.2) is 0 Å². The number of aromatic nitrogens is 2. The Kier molecular flexibility index (Phi) is 6.61. The molecule has 0 bridgehead atoms. The van der Waals surface area contributed by atoms with E-state index in [-0.39, 0.29) is 28.9 Å². The molecular weight excluding hydrogens is 368 g/mol. The number of carbonyl (C=O) groups is 1. The number of nitrogens with zero attached hydrogens (tertiary/aromatic N) is 3. The smallest absolute Gasteiger partial charge is 0.192 e. The highest BCUT2D eigenvalue weighted by molar-refractivity contribution is 6.74. The van der Waals surface area contributed by atoms with Gasteiger partial charge in [0.2, 0.25) is 0 Å². The molecule has 2 rings (SSSR count). The Morgan fingerprint density at radius 3 is 2.54 bits per heavy atom. The molecule has 1 fully saturated rings. The Hall–Kier alpha value is -1.86. The average molecular weight is 403 g/mol. The van der Waals surface area contributed by atoms with Gasteiger partial charge in [-0.05, 0) is 44.8 Å². The van der Waals surface area contributed by atoms with Crippen LogP contribution in [0.3, 0.4) is 0 Å². The molecule has 1 aromatic rings. The number of allylic oxidation sites excluding steroid dienone is 1. The largest absolute Gasteiger partial charge is 0.411 e. The van der Waals surface area contributed by atoms with Crippen LogP contribution in [-0.2, 0) is 15.6 Å². The summed E-state index contributed by atoms with van der Waals surface area (Å²) >= 11 is 0. The van der Waals surface area contributed by atoms with Gasteiger partial charge >= 0.3 is 0 Å². The molecule has 7 heteroatoms. The summed E-state index contributed by atoms with van der Waals surface area (Å²) in [7, 11) is -1.82. The first-order chi connectivity index (χ1) is 12.9. The first kappa shape index (κ1) is 22.4. The molecule has 0 saturated heterocycles. The van der Waals surface area contributed by atoms with Crippen LogP contribution < -0.4 is 5.73 Å². The Morgan fingerprint density at radius 2 is 2.04 bits per heavy atom. The lowest BCUT2D eigenvalue weighted by molar-refractivity contribution is -0.114. The number of aliphatic imine (C=N–C) groups is 1. The van der Waals surface area contributed by atoms with Gasteiger partial charge in [0, 0.05) is 30.5 Å². The summed E-state index contributed by atoms with van der Waals surface area (Å²) in [6.07, 6.45) is 8.00. The number of ketones is 1. The molecule has 0 radical (unpaired) electrons. The van der Waals surface area contributed by atoms with Crippen LogP contribution in [0.5, 0.6) is 0 Å². The molecule has 1 heterocycles. The van der Waals surface area contributed by atoms with Gasteiger partial charge in [0.25, 0.3) is 0 Å². The molecule has 0 amide bonds. The third-order valence-corrected chi connectivity index (χ3v) is 10.4. The van der Waals surface area contributed by atoms with E-state index in [0.717, 1.165) is 12.8 Å². The second-order valence-corrected chi connectivity index (χ2v) is 14.2. The fraction of sp³-hybridized carbons (Fsp3) is 0.619. The predicted octanol–water partition coefficient (Wildman–Crippen LogP) is 3.83. The second-order valence-electron chi connectivity index (χ2n) is 9.47. The summed E-state index contributed by atoms with van der Waals surface area (Å²) in [6.45, 7) is 15.3. The van der Waals surface area contributed by atoms with Crippen molar-refractivity contribution in [1.29, 1.82) is 0 Å². The number of Topliss-reactive ketones (excluding diaryl/α,β-unsaturated/α-hetero) is 1.